The molecule has 0 radical (unpaired) electrons. The van der Waals surface area contributed by atoms with Gasteiger partial charge in [0.1, 0.15) is 5.82 Å². The average Bonchev–Trinajstić information content (AvgIpc) is 2.68. The maximum Gasteiger partial charge on any atom is 0.273 e. The van der Waals surface area contributed by atoms with Crippen molar-refractivity contribution in [3.8, 4) is 11.4 Å². The van der Waals surface area contributed by atoms with Crippen molar-refractivity contribution >= 4 is 11.4 Å². The van der Waals surface area contributed by atoms with Gasteiger partial charge in [-0.15, -0.1) is 0 Å². The smallest absolute Gasteiger partial charge is 0.273 e. The summed E-state index contributed by atoms with van der Waals surface area (Å²) < 4.78 is 0. The van der Waals surface area contributed by atoms with Crippen molar-refractivity contribution in [1.82, 2.24) is 14.9 Å². The molecule has 28 heavy (non-hydrogen) atoms. The number of hydrogen-bond acceptors (Lipinski definition) is 6. The second-order valence-corrected chi connectivity index (χ2v) is 6.81. The maximum absolute atomic E-state index is 12.5. The zero-order valence-corrected chi connectivity index (χ0v) is 15.1. The number of hydrogen-bond donors (Lipinski definition) is 2. The van der Waals surface area contributed by atoms with E-state index in [9.17, 15) is 14.9 Å². The van der Waals surface area contributed by atoms with Crippen molar-refractivity contribution < 1.29 is 4.92 Å². The van der Waals surface area contributed by atoms with Gasteiger partial charge in [0.15, 0.2) is 0 Å². The molecule has 2 heterocycles. The minimum absolute atomic E-state index is 0.106. The van der Waals surface area contributed by atoms with E-state index in [0.29, 0.717) is 54.4 Å². The summed E-state index contributed by atoms with van der Waals surface area (Å²) in [4.78, 5) is 33.0. The number of anilines is 1. The lowest BCUT2D eigenvalue weighted by molar-refractivity contribution is -0.385. The fraction of sp³-hybridized carbons (Fsp3) is 0.200. The normalized spacial score (nSPS) is 13.9. The summed E-state index contributed by atoms with van der Waals surface area (Å²) in [6.07, 6.45) is 0.556. The molecule has 3 aromatic rings. The molecule has 1 aliphatic rings. The van der Waals surface area contributed by atoms with E-state index >= 15 is 0 Å². The number of aromatic nitrogens is 2. The van der Waals surface area contributed by atoms with E-state index in [1.807, 2.05) is 12.1 Å². The fourth-order valence-electron chi connectivity index (χ4n) is 3.47. The Balaban J connectivity index is 1.62. The molecule has 142 valence electrons. The lowest BCUT2D eigenvalue weighted by atomic mass is 10.0. The number of rotatable bonds is 4. The molecule has 4 rings (SSSR count). The van der Waals surface area contributed by atoms with Gasteiger partial charge in [0.05, 0.1) is 10.6 Å². The molecule has 1 aliphatic heterocycles. The minimum Gasteiger partial charge on any atom is -0.399 e. The van der Waals surface area contributed by atoms with Gasteiger partial charge in [-0.25, -0.2) is 4.98 Å². The Morgan fingerprint density at radius 2 is 1.93 bits per heavy atom. The molecule has 0 atom stereocenters. The first-order chi connectivity index (χ1) is 13.5. The van der Waals surface area contributed by atoms with E-state index in [1.165, 1.54) is 6.07 Å². The number of H-pyrrole nitrogens is 1. The Labute approximate surface area is 160 Å². The Morgan fingerprint density at radius 3 is 2.68 bits per heavy atom. The average molecular weight is 377 g/mol. The first-order valence-corrected chi connectivity index (χ1v) is 8.94. The second kappa shape index (κ2) is 7.24. The number of nitro groups is 1. The Morgan fingerprint density at radius 1 is 1.18 bits per heavy atom. The third-order valence-corrected chi connectivity index (χ3v) is 4.92. The highest BCUT2D eigenvalue weighted by Crippen LogP contribution is 2.24. The van der Waals surface area contributed by atoms with E-state index in [4.69, 9.17) is 5.73 Å². The Kier molecular flexibility index (Phi) is 4.62. The van der Waals surface area contributed by atoms with Gasteiger partial charge in [0.2, 0.25) is 0 Å². The molecule has 8 nitrogen and oxygen atoms in total. The molecule has 3 N–H and O–H groups in total. The Hall–Kier alpha value is -3.52. The number of fused-ring (bicyclic) bond motifs is 1. The van der Waals surface area contributed by atoms with Gasteiger partial charge >= 0.3 is 0 Å². The van der Waals surface area contributed by atoms with Crippen LogP contribution < -0.4 is 11.3 Å². The molecule has 0 saturated heterocycles. The van der Waals surface area contributed by atoms with Crippen LogP contribution in [0.1, 0.15) is 16.8 Å². The summed E-state index contributed by atoms with van der Waals surface area (Å²) in [5.41, 5.74) is 9.15. The van der Waals surface area contributed by atoms with Crippen LogP contribution in [0.25, 0.3) is 11.4 Å². The maximum atomic E-state index is 12.5. The third-order valence-electron chi connectivity index (χ3n) is 4.92. The predicted octanol–water partition coefficient (Wildman–Crippen LogP) is 2.49. The number of benzene rings is 2. The highest BCUT2D eigenvalue weighted by Gasteiger charge is 2.23. The largest absolute Gasteiger partial charge is 0.399 e. The molecule has 0 fully saturated rings. The molecule has 1 aromatic heterocycles. The highest BCUT2D eigenvalue weighted by molar-refractivity contribution is 5.58. The van der Waals surface area contributed by atoms with Crippen LogP contribution in [0.15, 0.2) is 53.3 Å². The van der Waals surface area contributed by atoms with Gasteiger partial charge < -0.3 is 10.7 Å². The summed E-state index contributed by atoms with van der Waals surface area (Å²) in [5, 5.41) is 11.3. The quantitative estimate of drug-likeness (QED) is 0.410. The SMILES string of the molecule is Nc1ccc(-c2nc3c(c(=O)[nH]2)CCN(Cc2ccccc2[N+](=O)[O-])C3)cc1. The monoisotopic (exact) mass is 377 g/mol. The molecular weight excluding hydrogens is 358 g/mol. The predicted molar refractivity (Wildman–Crippen MR) is 106 cm³/mol. The van der Waals surface area contributed by atoms with Crippen molar-refractivity contribution in [2.24, 2.45) is 0 Å². The molecule has 0 aliphatic carbocycles. The molecule has 0 amide bonds. The first-order valence-electron chi connectivity index (χ1n) is 8.94. The van der Waals surface area contributed by atoms with Crippen molar-refractivity contribution in [2.75, 3.05) is 12.3 Å². The molecule has 0 bridgehead atoms. The zero-order valence-electron chi connectivity index (χ0n) is 15.1. The van der Waals surface area contributed by atoms with Crippen molar-refractivity contribution in [1.29, 1.82) is 0 Å². The number of para-hydroxylation sites is 1. The van der Waals surface area contributed by atoms with E-state index in [0.717, 1.165) is 5.56 Å². The van der Waals surface area contributed by atoms with E-state index in [-0.39, 0.29) is 16.2 Å². The zero-order chi connectivity index (χ0) is 19.7. The van der Waals surface area contributed by atoms with Crippen LogP contribution in [0.5, 0.6) is 0 Å². The molecule has 0 spiro atoms. The van der Waals surface area contributed by atoms with Crippen LogP contribution in [0.2, 0.25) is 0 Å². The standard InChI is InChI=1S/C20H19N5O3/c21-15-7-5-13(6-8-15)19-22-17-12-24(10-9-16(17)20(26)23-19)11-14-3-1-2-4-18(14)25(27)28/h1-8H,9-12,21H2,(H,22,23,26). The molecular formula is C20H19N5O3. The highest BCUT2D eigenvalue weighted by atomic mass is 16.6. The summed E-state index contributed by atoms with van der Waals surface area (Å²) in [6.45, 7) is 1.54. The summed E-state index contributed by atoms with van der Waals surface area (Å²) >= 11 is 0. The first kappa shape index (κ1) is 17.9. The van der Waals surface area contributed by atoms with Gasteiger partial charge in [-0.1, -0.05) is 18.2 Å². The Bertz CT molecular complexity index is 1090. The lowest BCUT2D eigenvalue weighted by Crippen LogP contribution is -2.35. The second-order valence-electron chi connectivity index (χ2n) is 6.81. The molecule has 0 unspecified atom stereocenters. The minimum atomic E-state index is -0.366. The van der Waals surface area contributed by atoms with Crippen LogP contribution in [0.4, 0.5) is 11.4 Å². The molecule has 0 saturated carbocycles. The number of nitrogen functional groups attached to an aromatic ring is 1. The summed E-state index contributed by atoms with van der Waals surface area (Å²) in [6, 6.07) is 13.9. The number of nitrogens with two attached hydrogens (primary N) is 1. The molecule has 8 heteroatoms. The topological polar surface area (TPSA) is 118 Å². The van der Waals surface area contributed by atoms with Crippen LogP contribution >= 0.6 is 0 Å². The number of nitro benzene ring substituents is 1. The van der Waals surface area contributed by atoms with E-state index in [1.54, 1.807) is 30.3 Å². The van der Waals surface area contributed by atoms with Crippen molar-refractivity contribution in [2.45, 2.75) is 19.5 Å². The van der Waals surface area contributed by atoms with Crippen molar-refractivity contribution in [3.63, 3.8) is 0 Å². The fourth-order valence-corrected chi connectivity index (χ4v) is 3.47. The van der Waals surface area contributed by atoms with Gasteiger partial charge in [0.25, 0.3) is 11.2 Å². The van der Waals surface area contributed by atoms with Gasteiger partial charge in [-0.05, 0) is 30.7 Å². The summed E-state index contributed by atoms with van der Waals surface area (Å²) in [7, 11) is 0. The number of nitrogens with one attached hydrogen (secondary N) is 1. The van der Waals surface area contributed by atoms with Crippen LogP contribution in [-0.4, -0.2) is 26.3 Å². The number of aromatic amines is 1. The number of nitrogens with zero attached hydrogens (tertiary/aromatic N) is 3. The van der Waals surface area contributed by atoms with E-state index < -0.39 is 0 Å². The van der Waals surface area contributed by atoms with Gasteiger partial charge in [-0.3, -0.25) is 19.8 Å². The van der Waals surface area contributed by atoms with E-state index in [2.05, 4.69) is 14.9 Å². The van der Waals surface area contributed by atoms with Crippen LogP contribution in [0.3, 0.4) is 0 Å². The van der Waals surface area contributed by atoms with Gasteiger partial charge in [0, 0.05) is 48.1 Å². The van der Waals surface area contributed by atoms with Gasteiger partial charge in [-0.2, -0.15) is 0 Å². The van der Waals surface area contributed by atoms with Crippen LogP contribution in [0, 0.1) is 10.1 Å². The lowest BCUT2D eigenvalue weighted by Gasteiger charge is -2.27. The molecule has 2 aromatic carbocycles. The van der Waals surface area contributed by atoms with Crippen molar-refractivity contribution in [3.05, 3.63) is 85.8 Å². The third kappa shape index (κ3) is 3.49. The van der Waals surface area contributed by atoms with Crippen LogP contribution in [-0.2, 0) is 19.5 Å². The summed E-state index contributed by atoms with van der Waals surface area (Å²) in [5.74, 6) is 0.497.